The number of ether oxygens (including phenoxy) is 2. The average Bonchev–Trinajstić information content (AvgIpc) is 3.16. The zero-order valence-corrected chi connectivity index (χ0v) is 21.3. The predicted molar refractivity (Wildman–Crippen MR) is 132 cm³/mol. The smallest absolute Gasteiger partial charge is 0.410 e. The number of rotatable bonds is 3. The number of hydrogen-bond acceptors (Lipinski definition) is 5. The number of aliphatic hydroxyl groups is 1. The molecule has 6 aliphatic carbocycles. The third kappa shape index (κ3) is 2.62. The number of amides is 1. The maximum absolute atomic E-state index is 13.6. The highest BCUT2D eigenvalue weighted by molar-refractivity contribution is 5.69. The van der Waals surface area contributed by atoms with Gasteiger partial charge in [0.25, 0.3) is 0 Å². The summed E-state index contributed by atoms with van der Waals surface area (Å²) in [6.07, 6.45) is 4.77. The highest BCUT2D eigenvalue weighted by Crippen LogP contribution is 2.82. The van der Waals surface area contributed by atoms with Gasteiger partial charge in [0.15, 0.2) is 0 Å². The van der Waals surface area contributed by atoms with Crippen LogP contribution in [0.5, 0.6) is 0 Å². The third-order valence-corrected chi connectivity index (χ3v) is 11.6. The van der Waals surface area contributed by atoms with Crippen molar-refractivity contribution in [3.05, 3.63) is 48.0 Å². The van der Waals surface area contributed by atoms with Crippen molar-refractivity contribution in [1.82, 2.24) is 4.90 Å². The number of hydrogen-bond donors (Lipinski definition) is 1. The average molecular weight is 492 g/mol. The predicted octanol–water partition coefficient (Wildman–Crippen LogP) is 4.71. The van der Waals surface area contributed by atoms with E-state index in [0.29, 0.717) is 18.4 Å². The Hall–Kier alpha value is -2.34. The van der Waals surface area contributed by atoms with Crippen molar-refractivity contribution in [2.24, 2.45) is 39.9 Å². The van der Waals surface area contributed by atoms with Crippen molar-refractivity contribution in [1.29, 1.82) is 0 Å². The first-order valence-electron chi connectivity index (χ1n) is 13.7. The standard InChI is InChI=1S/C30H37NO5/c1-17-20-12-21-25(33)29-11-7-10-28(3)16-31(27(34)35-15-19-8-5-4-6-9-19)22(24(28)29)14-30(21,23(29)13-20)26(17)36-18(2)32/h4-6,8-9,20-26,33H,1,7,10-16H2,2-3H3/t20?,21?,22-,23?,24-,25+,26?,28+,29?,30-/m1/s1. The van der Waals surface area contributed by atoms with E-state index in [1.807, 2.05) is 35.2 Å². The zero-order chi connectivity index (χ0) is 25.0. The lowest BCUT2D eigenvalue weighted by molar-refractivity contribution is -0.193. The second-order valence-corrected chi connectivity index (χ2v) is 13.0. The molecule has 2 spiro atoms. The van der Waals surface area contributed by atoms with Crippen LogP contribution in [0, 0.1) is 39.9 Å². The van der Waals surface area contributed by atoms with Crippen molar-refractivity contribution in [3.63, 3.8) is 0 Å². The van der Waals surface area contributed by atoms with E-state index in [4.69, 9.17) is 9.47 Å². The van der Waals surface area contributed by atoms with E-state index in [1.165, 1.54) is 6.92 Å². The third-order valence-electron chi connectivity index (χ3n) is 11.6. The van der Waals surface area contributed by atoms with Crippen molar-refractivity contribution in [3.8, 4) is 0 Å². The largest absolute Gasteiger partial charge is 0.457 e. The summed E-state index contributed by atoms with van der Waals surface area (Å²) in [4.78, 5) is 27.9. The molecule has 8 rings (SSSR count). The normalized spacial score (nSPS) is 47.5. The Morgan fingerprint density at radius 3 is 2.69 bits per heavy atom. The number of fused-ring (bicyclic) bond motifs is 1. The fraction of sp³-hybridized carbons (Fsp3) is 0.667. The molecule has 0 aromatic heterocycles. The second-order valence-electron chi connectivity index (χ2n) is 13.0. The summed E-state index contributed by atoms with van der Waals surface area (Å²) in [7, 11) is 0. The van der Waals surface area contributed by atoms with Crippen LogP contribution < -0.4 is 0 Å². The van der Waals surface area contributed by atoms with E-state index in [1.54, 1.807) is 0 Å². The Balaban J connectivity index is 1.30. The van der Waals surface area contributed by atoms with Gasteiger partial charge < -0.3 is 19.5 Å². The quantitative estimate of drug-likeness (QED) is 0.490. The van der Waals surface area contributed by atoms with Gasteiger partial charge in [-0.05, 0) is 72.3 Å². The first-order valence-corrected chi connectivity index (χ1v) is 13.7. The van der Waals surface area contributed by atoms with Gasteiger partial charge in [-0.25, -0.2) is 4.79 Å². The van der Waals surface area contributed by atoms with Crippen LogP contribution in [-0.2, 0) is 20.9 Å². The number of aliphatic hydroxyl groups excluding tert-OH is 1. The van der Waals surface area contributed by atoms with E-state index in [9.17, 15) is 14.7 Å². The number of carbonyl (C=O) groups excluding carboxylic acids is 2. The first-order chi connectivity index (χ1) is 17.2. The molecule has 5 bridgehead atoms. The Bertz CT molecular complexity index is 1140. The molecule has 0 radical (unpaired) electrons. The minimum atomic E-state index is -0.423. The lowest BCUT2D eigenvalue weighted by Crippen LogP contribution is -2.65. The molecule has 10 atom stereocenters. The molecular formula is C30H37NO5. The van der Waals surface area contributed by atoms with Crippen LogP contribution in [0.3, 0.4) is 0 Å². The van der Waals surface area contributed by atoms with Crippen LogP contribution in [0.4, 0.5) is 4.79 Å². The fourth-order valence-corrected chi connectivity index (χ4v) is 10.9. The SMILES string of the molecule is C=C1C2CC3[C@H](O)C45CCC[C@@]6(C)CN(C(=O)OCc7ccccc7)[C@H](C[C@]3(C1OC(C)=O)C4C2)[C@@H]56. The maximum Gasteiger partial charge on any atom is 0.410 e. The zero-order valence-electron chi connectivity index (χ0n) is 21.3. The van der Waals surface area contributed by atoms with Crippen LogP contribution in [0.2, 0.25) is 0 Å². The highest BCUT2D eigenvalue weighted by atomic mass is 16.6. The lowest BCUT2D eigenvalue weighted by atomic mass is 9.40. The number of carbonyl (C=O) groups is 2. The van der Waals surface area contributed by atoms with Gasteiger partial charge in [0.05, 0.1) is 6.10 Å². The summed E-state index contributed by atoms with van der Waals surface area (Å²) in [6.45, 7) is 9.16. The summed E-state index contributed by atoms with van der Waals surface area (Å²) < 4.78 is 11.9. The molecule has 1 aromatic carbocycles. The molecule has 7 aliphatic rings. The van der Waals surface area contributed by atoms with E-state index in [2.05, 4.69) is 13.5 Å². The molecule has 1 saturated heterocycles. The number of esters is 1. The Kier molecular flexibility index (Phi) is 4.67. The summed E-state index contributed by atoms with van der Waals surface area (Å²) in [5, 5.41) is 12.2. The minimum absolute atomic E-state index is 0.0185. The van der Waals surface area contributed by atoms with Crippen molar-refractivity contribution < 1.29 is 24.2 Å². The molecule has 6 nitrogen and oxygen atoms in total. The first kappa shape index (κ1) is 22.8. The van der Waals surface area contributed by atoms with Gasteiger partial charge in [0, 0.05) is 30.3 Å². The molecule has 1 amide bonds. The van der Waals surface area contributed by atoms with Crippen molar-refractivity contribution in [2.45, 2.75) is 77.2 Å². The van der Waals surface area contributed by atoms with Gasteiger partial charge in [-0.3, -0.25) is 4.79 Å². The fourth-order valence-electron chi connectivity index (χ4n) is 10.9. The maximum atomic E-state index is 13.6. The molecule has 6 saturated carbocycles. The molecule has 1 aliphatic heterocycles. The monoisotopic (exact) mass is 491 g/mol. The molecule has 192 valence electrons. The molecule has 1 aromatic rings. The molecule has 7 fully saturated rings. The van der Waals surface area contributed by atoms with Crippen molar-refractivity contribution >= 4 is 12.1 Å². The molecule has 5 unspecified atom stereocenters. The van der Waals surface area contributed by atoms with Gasteiger partial charge in [-0.15, -0.1) is 0 Å². The minimum Gasteiger partial charge on any atom is -0.457 e. The summed E-state index contributed by atoms with van der Waals surface area (Å²) in [6, 6.07) is 9.79. The molecule has 1 heterocycles. The van der Waals surface area contributed by atoms with Gasteiger partial charge >= 0.3 is 12.1 Å². The lowest BCUT2D eigenvalue weighted by Gasteiger charge is -2.65. The van der Waals surface area contributed by atoms with Crippen LogP contribution in [0.1, 0.15) is 57.9 Å². The summed E-state index contributed by atoms with van der Waals surface area (Å²) in [5.74, 6) is 0.653. The molecular weight excluding hydrogens is 454 g/mol. The second kappa shape index (κ2) is 7.37. The number of nitrogens with zero attached hydrogens (tertiary/aromatic N) is 1. The van der Waals surface area contributed by atoms with E-state index < -0.39 is 6.10 Å². The number of benzene rings is 1. The topological polar surface area (TPSA) is 76.1 Å². The van der Waals surface area contributed by atoms with Crippen LogP contribution >= 0.6 is 0 Å². The van der Waals surface area contributed by atoms with Crippen LogP contribution in [-0.4, -0.2) is 46.9 Å². The highest BCUT2D eigenvalue weighted by Gasteiger charge is 2.83. The number of likely N-dealkylation sites (tertiary alicyclic amines) is 1. The Labute approximate surface area is 213 Å². The van der Waals surface area contributed by atoms with Gasteiger partial charge in [-0.1, -0.05) is 50.3 Å². The molecule has 36 heavy (non-hydrogen) atoms. The van der Waals surface area contributed by atoms with Crippen molar-refractivity contribution in [2.75, 3.05) is 6.54 Å². The van der Waals surface area contributed by atoms with Crippen LogP contribution in [0.15, 0.2) is 42.5 Å². The molecule has 1 N–H and O–H groups in total. The van der Waals surface area contributed by atoms with E-state index in [0.717, 1.165) is 49.7 Å². The summed E-state index contributed by atoms with van der Waals surface area (Å²) in [5.41, 5.74) is 1.38. The molecule has 6 heteroatoms. The summed E-state index contributed by atoms with van der Waals surface area (Å²) >= 11 is 0. The van der Waals surface area contributed by atoms with E-state index >= 15 is 0 Å². The van der Waals surface area contributed by atoms with Crippen LogP contribution in [0.25, 0.3) is 0 Å². The van der Waals surface area contributed by atoms with Gasteiger partial charge in [0.1, 0.15) is 12.7 Å². The van der Waals surface area contributed by atoms with E-state index in [-0.39, 0.29) is 58.9 Å². The van der Waals surface area contributed by atoms with Gasteiger partial charge in [-0.2, -0.15) is 0 Å². The Morgan fingerprint density at radius 1 is 1.17 bits per heavy atom. The van der Waals surface area contributed by atoms with Gasteiger partial charge in [0.2, 0.25) is 0 Å². The Morgan fingerprint density at radius 2 is 1.94 bits per heavy atom.